The van der Waals surface area contributed by atoms with E-state index in [0.717, 1.165) is 11.0 Å². The number of hydrogen-bond donors (Lipinski definition) is 1. The van der Waals surface area contributed by atoms with Gasteiger partial charge in [-0.05, 0) is 52.3 Å². The van der Waals surface area contributed by atoms with Crippen molar-refractivity contribution < 1.29 is 4.74 Å². The molecule has 0 aliphatic heterocycles. The highest BCUT2D eigenvalue weighted by Crippen LogP contribution is 2.21. The van der Waals surface area contributed by atoms with Crippen LogP contribution in [0.3, 0.4) is 0 Å². The maximum atomic E-state index is 5.99. The van der Waals surface area contributed by atoms with Gasteiger partial charge in [0, 0.05) is 16.6 Å². The molecule has 1 atom stereocenters. The van der Waals surface area contributed by atoms with E-state index >= 15 is 0 Å². The standard InChI is InChI=1S/C15H24BrNO/c1-11(2)18-14(10-17-15(3,4)5)12-6-8-13(16)9-7-12/h6-9,11,14,17H,10H2,1-5H3. The number of ether oxygens (including phenoxy) is 1. The second-order valence-corrected chi connectivity index (χ2v) is 6.77. The van der Waals surface area contributed by atoms with Crippen molar-refractivity contribution in [1.82, 2.24) is 5.32 Å². The molecule has 0 aromatic heterocycles. The van der Waals surface area contributed by atoms with Gasteiger partial charge in [-0.3, -0.25) is 0 Å². The minimum absolute atomic E-state index is 0.0947. The van der Waals surface area contributed by atoms with E-state index in [2.05, 4.69) is 80.1 Å². The van der Waals surface area contributed by atoms with E-state index in [1.165, 1.54) is 5.56 Å². The molecule has 3 heteroatoms. The largest absolute Gasteiger partial charge is 0.370 e. The Hall–Kier alpha value is -0.380. The summed E-state index contributed by atoms with van der Waals surface area (Å²) < 4.78 is 7.09. The van der Waals surface area contributed by atoms with Crippen LogP contribution >= 0.6 is 15.9 Å². The Bertz CT molecular complexity index is 354. The Balaban J connectivity index is 2.74. The van der Waals surface area contributed by atoms with Gasteiger partial charge in [-0.1, -0.05) is 28.1 Å². The lowest BCUT2D eigenvalue weighted by atomic mass is 10.1. The number of hydrogen-bond acceptors (Lipinski definition) is 2. The zero-order valence-corrected chi connectivity index (χ0v) is 13.5. The first kappa shape index (κ1) is 15.7. The number of halogens is 1. The summed E-state index contributed by atoms with van der Waals surface area (Å²) in [6.45, 7) is 11.5. The second-order valence-electron chi connectivity index (χ2n) is 5.86. The summed E-state index contributed by atoms with van der Waals surface area (Å²) in [6, 6.07) is 8.34. The quantitative estimate of drug-likeness (QED) is 0.875. The van der Waals surface area contributed by atoms with Crippen LogP contribution in [0.25, 0.3) is 0 Å². The van der Waals surface area contributed by atoms with Crippen LogP contribution in [0.15, 0.2) is 28.7 Å². The normalized spacial score (nSPS) is 13.9. The molecule has 18 heavy (non-hydrogen) atoms. The summed E-state index contributed by atoms with van der Waals surface area (Å²) >= 11 is 3.46. The maximum absolute atomic E-state index is 5.99. The van der Waals surface area contributed by atoms with Crippen molar-refractivity contribution in [1.29, 1.82) is 0 Å². The van der Waals surface area contributed by atoms with E-state index in [9.17, 15) is 0 Å². The van der Waals surface area contributed by atoms with Crippen LogP contribution in [0.1, 0.15) is 46.3 Å². The summed E-state index contributed by atoms with van der Waals surface area (Å²) in [7, 11) is 0. The van der Waals surface area contributed by atoms with Gasteiger partial charge in [-0.25, -0.2) is 0 Å². The zero-order valence-electron chi connectivity index (χ0n) is 12.0. The fraction of sp³-hybridized carbons (Fsp3) is 0.600. The molecule has 0 radical (unpaired) electrons. The molecule has 0 saturated carbocycles. The Labute approximate surface area is 119 Å². The summed E-state index contributed by atoms with van der Waals surface area (Å²) in [6.07, 6.45) is 0.317. The molecule has 0 bridgehead atoms. The minimum atomic E-state index is 0.0947. The Kier molecular flexibility index (Phi) is 5.83. The van der Waals surface area contributed by atoms with E-state index < -0.39 is 0 Å². The van der Waals surface area contributed by atoms with Crippen LogP contribution in [-0.4, -0.2) is 18.2 Å². The van der Waals surface area contributed by atoms with Gasteiger partial charge >= 0.3 is 0 Å². The average Bonchev–Trinajstić information content (AvgIpc) is 2.24. The summed E-state index contributed by atoms with van der Waals surface area (Å²) in [5, 5.41) is 3.50. The van der Waals surface area contributed by atoms with Crippen molar-refractivity contribution in [2.75, 3.05) is 6.54 Å². The molecule has 1 N–H and O–H groups in total. The number of nitrogens with one attached hydrogen (secondary N) is 1. The third-order valence-corrected chi connectivity index (χ3v) is 3.02. The second kappa shape index (κ2) is 6.69. The molecule has 0 saturated heterocycles. The molecule has 0 aliphatic rings. The van der Waals surface area contributed by atoms with E-state index in [-0.39, 0.29) is 17.7 Å². The van der Waals surface area contributed by atoms with Gasteiger partial charge < -0.3 is 10.1 Å². The van der Waals surface area contributed by atoms with Gasteiger partial charge in [0.05, 0.1) is 12.2 Å². The first-order valence-electron chi connectivity index (χ1n) is 6.44. The van der Waals surface area contributed by atoms with Crippen molar-refractivity contribution in [3.8, 4) is 0 Å². The molecule has 102 valence electrons. The molecule has 1 aromatic rings. The molecule has 0 amide bonds. The molecule has 2 nitrogen and oxygen atoms in total. The van der Waals surface area contributed by atoms with E-state index in [0.29, 0.717) is 0 Å². The molecule has 0 heterocycles. The van der Waals surface area contributed by atoms with Crippen LogP contribution in [0.2, 0.25) is 0 Å². The van der Waals surface area contributed by atoms with Gasteiger partial charge in [0.25, 0.3) is 0 Å². The van der Waals surface area contributed by atoms with Gasteiger partial charge in [-0.2, -0.15) is 0 Å². The first-order valence-corrected chi connectivity index (χ1v) is 7.23. The van der Waals surface area contributed by atoms with Crippen LogP contribution in [0.5, 0.6) is 0 Å². The highest BCUT2D eigenvalue weighted by atomic mass is 79.9. The minimum Gasteiger partial charge on any atom is -0.370 e. The van der Waals surface area contributed by atoms with E-state index in [4.69, 9.17) is 4.74 Å². The van der Waals surface area contributed by atoms with Gasteiger partial charge in [0.15, 0.2) is 0 Å². The summed E-state index contributed by atoms with van der Waals surface area (Å²) in [5.41, 5.74) is 1.32. The number of rotatable bonds is 5. The topological polar surface area (TPSA) is 21.3 Å². The third-order valence-electron chi connectivity index (χ3n) is 2.50. The van der Waals surface area contributed by atoms with Crippen molar-refractivity contribution in [3.63, 3.8) is 0 Å². The predicted octanol–water partition coefficient (Wildman–Crippen LogP) is 4.30. The molecule has 1 unspecified atom stereocenters. The van der Waals surface area contributed by atoms with Crippen molar-refractivity contribution in [2.24, 2.45) is 0 Å². The van der Waals surface area contributed by atoms with Crippen LogP contribution in [0, 0.1) is 0 Å². The first-order chi connectivity index (χ1) is 8.28. The van der Waals surface area contributed by atoms with Crippen molar-refractivity contribution >= 4 is 15.9 Å². The van der Waals surface area contributed by atoms with Gasteiger partial charge in [0.1, 0.15) is 0 Å². The highest BCUT2D eigenvalue weighted by Gasteiger charge is 2.17. The lowest BCUT2D eigenvalue weighted by molar-refractivity contribution is 0.00404. The van der Waals surface area contributed by atoms with Gasteiger partial charge in [-0.15, -0.1) is 0 Å². The highest BCUT2D eigenvalue weighted by molar-refractivity contribution is 9.10. The summed E-state index contributed by atoms with van der Waals surface area (Å²) in [4.78, 5) is 0. The van der Waals surface area contributed by atoms with Crippen LogP contribution in [-0.2, 0) is 4.74 Å². The third kappa shape index (κ3) is 5.98. The Morgan fingerprint density at radius 1 is 1.17 bits per heavy atom. The average molecular weight is 314 g/mol. The van der Waals surface area contributed by atoms with E-state index in [1.807, 2.05) is 0 Å². The van der Waals surface area contributed by atoms with Crippen LogP contribution in [0.4, 0.5) is 0 Å². The molecular formula is C15H24BrNO. The lowest BCUT2D eigenvalue weighted by Crippen LogP contribution is -2.39. The molecule has 1 rings (SSSR count). The van der Waals surface area contributed by atoms with Gasteiger partial charge in [0.2, 0.25) is 0 Å². The predicted molar refractivity (Wildman–Crippen MR) is 80.9 cm³/mol. The summed E-state index contributed by atoms with van der Waals surface area (Å²) in [5.74, 6) is 0. The zero-order chi connectivity index (χ0) is 13.8. The number of benzene rings is 1. The fourth-order valence-corrected chi connectivity index (χ4v) is 1.91. The Morgan fingerprint density at radius 3 is 2.17 bits per heavy atom. The molecular weight excluding hydrogens is 290 g/mol. The lowest BCUT2D eigenvalue weighted by Gasteiger charge is -2.27. The van der Waals surface area contributed by atoms with E-state index in [1.54, 1.807) is 0 Å². The molecule has 0 fully saturated rings. The SMILES string of the molecule is CC(C)OC(CNC(C)(C)C)c1ccc(Br)cc1. The monoisotopic (exact) mass is 313 g/mol. The van der Waals surface area contributed by atoms with Crippen molar-refractivity contribution in [3.05, 3.63) is 34.3 Å². The maximum Gasteiger partial charge on any atom is 0.0952 e. The molecule has 1 aromatic carbocycles. The molecule has 0 spiro atoms. The van der Waals surface area contributed by atoms with Crippen LogP contribution < -0.4 is 5.32 Å². The molecule has 0 aliphatic carbocycles. The van der Waals surface area contributed by atoms with Crippen molar-refractivity contribution in [2.45, 2.75) is 52.4 Å². The smallest absolute Gasteiger partial charge is 0.0952 e. The Morgan fingerprint density at radius 2 is 1.72 bits per heavy atom. The fourth-order valence-electron chi connectivity index (χ4n) is 1.65.